The average Bonchev–Trinajstić information content (AvgIpc) is 2.40. The first-order valence-electron chi connectivity index (χ1n) is 7.96. The SMILES string of the molecule is CCO[Si](CC(C)CC)(OCC)C1CCCCC1. The molecule has 2 nitrogen and oxygen atoms in total. The largest absolute Gasteiger partial charge is 0.394 e. The van der Waals surface area contributed by atoms with Crippen molar-refractivity contribution in [2.45, 2.75) is 77.8 Å². The summed E-state index contributed by atoms with van der Waals surface area (Å²) in [5, 5.41) is 0. The second-order valence-electron chi connectivity index (χ2n) is 5.73. The molecule has 0 bridgehead atoms. The molecule has 0 saturated heterocycles. The second kappa shape index (κ2) is 8.34. The summed E-state index contributed by atoms with van der Waals surface area (Å²) in [6.07, 6.45) is 8.07. The van der Waals surface area contributed by atoms with Crippen LogP contribution in [0.25, 0.3) is 0 Å². The summed E-state index contributed by atoms with van der Waals surface area (Å²) in [6, 6.07) is 1.19. The molecule has 1 aliphatic carbocycles. The minimum Gasteiger partial charge on any atom is -0.394 e. The van der Waals surface area contributed by atoms with Crippen LogP contribution < -0.4 is 0 Å². The minimum atomic E-state index is -1.98. The maximum absolute atomic E-state index is 6.30. The van der Waals surface area contributed by atoms with Gasteiger partial charge in [-0.2, -0.15) is 0 Å². The first-order chi connectivity index (χ1) is 8.68. The molecule has 3 heteroatoms. The summed E-state index contributed by atoms with van der Waals surface area (Å²) in [5.41, 5.74) is 0.736. The van der Waals surface area contributed by atoms with Gasteiger partial charge < -0.3 is 8.85 Å². The van der Waals surface area contributed by atoms with E-state index in [0.717, 1.165) is 24.7 Å². The highest BCUT2D eigenvalue weighted by molar-refractivity contribution is 6.69. The topological polar surface area (TPSA) is 18.5 Å². The van der Waals surface area contributed by atoms with E-state index in [-0.39, 0.29) is 0 Å². The van der Waals surface area contributed by atoms with Crippen molar-refractivity contribution in [1.29, 1.82) is 0 Å². The molecule has 1 aliphatic rings. The first kappa shape index (κ1) is 16.2. The number of hydrogen-bond acceptors (Lipinski definition) is 2. The molecule has 0 aliphatic heterocycles. The molecule has 1 fully saturated rings. The third-order valence-corrected chi connectivity index (χ3v) is 8.98. The van der Waals surface area contributed by atoms with Crippen molar-refractivity contribution in [3.8, 4) is 0 Å². The summed E-state index contributed by atoms with van der Waals surface area (Å²) in [7, 11) is -1.98. The number of rotatable bonds is 8. The van der Waals surface area contributed by atoms with Gasteiger partial charge in [0.2, 0.25) is 0 Å². The zero-order valence-corrected chi connectivity index (χ0v) is 13.8. The van der Waals surface area contributed by atoms with Crippen molar-refractivity contribution < 1.29 is 8.85 Å². The van der Waals surface area contributed by atoms with Crippen molar-refractivity contribution in [3.63, 3.8) is 0 Å². The van der Waals surface area contributed by atoms with Crippen LogP contribution >= 0.6 is 0 Å². The van der Waals surface area contributed by atoms with Crippen LogP contribution in [-0.4, -0.2) is 21.8 Å². The second-order valence-corrected chi connectivity index (χ2v) is 9.16. The molecular weight excluding hydrogens is 240 g/mol. The Bertz CT molecular complexity index is 209. The molecule has 0 heterocycles. The van der Waals surface area contributed by atoms with Gasteiger partial charge >= 0.3 is 8.56 Å². The van der Waals surface area contributed by atoms with Crippen LogP contribution in [0.3, 0.4) is 0 Å². The van der Waals surface area contributed by atoms with Gasteiger partial charge in [-0.05, 0) is 38.7 Å². The predicted octanol–water partition coefficient (Wildman–Crippen LogP) is 4.88. The Hall–Kier alpha value is 0.137. The van der Waals surface area contributed by atoms with Crippen molar-refractivity contribution in [2.75, 3.05) is 13.2 Å². The molecule has 1 rings (SSSR count). The molecule has 0 aromatic carbocycles. The van der Waals surface area contributed by atoms with Crippen LogP contribution in [-0.2, 0) is 8.85 Å². The fourth-order valence-corrected chi connectivity index (χ4v) is 7.87. The zero-order chi connectivity index (χ0) is 13.4. The van der Waals surface area contributed by atoms with E-state index in [9.17, 15) is 0 Å². The molecule has 0 aromatic rings. The summed E-state index contributed by atoms with van der Waals surface area (Å²) in [6.45, 7) is 10.5. The van der Waals surface area contributed by atoms with E-state index in [1.54, 1.807) is 0 Å². The standard InChI is InChI=1S/C15H32O2Si/c1-5-14(4)13-18(16-6-2,17-7-3)15-11-9-8-10-12-15/h14-15H,5-13H2,1-4H3. The first-order valence-corrected chi connectivity index (χ1v) is 10.1. The molecule has 0 radical (unpaired) electrons. The third kappa shape index (κ3) is 4.36. The van der Waals surface area contributed by atoms with E-state index in [1.807, 2.05) is 0 Å². The Morgan fingerprint density at radius 1 is 1.00 bits per heavy atom. The van der Waals surface area contributed by atoms with Gasteiger partial charge in [0.05, 0.1) is 0 Å². The van der Waals surface area contributed by atoms with Crippen molar-refractivity contribution in [3.05, 3.63) is 0 Å². The van der Waals surface area contributed by atoms with Crippen molar-refractivity contribution in [1.82, 2.24) is 0 Å². The van der Waals surface area contributed by atoms with Gasteiger partial charge in [0.25, 0.3) is 0 Å². The maximum atomic E-state index is 6.30. The normalized spacial score (nSPS) is 20.0. The Morgan fingerprint density at radius 3 is 2.00 bits per heavy atom. The van der Waals surface area contributed by atoms with Crippen molar-refractivity contribution >= 4 is 8.56 Å². The Labute approximate surface area is 115 Å². The summed E-state index contributed by atoms with van der Waals surface area (Å²) < 4.78 is 12.6. The fraction of sp³-hybridized carbons (Fsp3) is 1.00. The monoisotopic (exact) mass is 272 g/mol. The third-order valence-electron chi connectivity index (χ3n) is 4.33. The predicted molar refractivity (Wildman–Crippen MR) is 80.1 cm³/mol. The minimum absolute atomic E-state index is 0.733. The lowest BCUT2D eigenvalue weighted by atomic mass is 10.0. The zero-order valence-electron chi connectivity index (χ0n) is 12.8. The smallest absolute Gasteiger partial charge is 0.341 e. The molecule has 0 aromatic heterocycles. The Kier molecular flexibility index (Phi) is 7.50. The van der Waals surface area contributed by atoms with Gasteiger partial charge in [-0.1, -0.05) is 39.5 Å². The van der Waals surface area contributed by atoms with Crippen LogP contribution in [0.15, 0.2) is 0 Å². The molecule has 1 atom stereocenters. The van der Waals surface area contributed by atoms with E-state index in [1.165, 1.54) is 44.6 Å². The highest BCUT2D eigenvalue weighted by Gasteiger charge is 2.46. The molecule has 108 valence electrons. The molecule has 1 saturated carbocycles. The summed E-state index contributed by atoms with van der Waals surface area (Å²) in [5.74, 6) is 0.733. The van der Waals surface area contributed by atoms with E-state index >= 15 is 0 Å². The molecule has 1 unspecified atom stereocenters. The van der Waals surface area contributed by atoms with Gasteiger partial charge in [-0.25, -0.2) is 0 Å². The highest BCUT2D eigenvalue weighted by Crippen LogP contribution is 2.42. The van der Waals surface area contributed by atoms with Gasteiger partial charge in [0.15, 0.2) is 0 Å². The van der Waals surface area contributed by atoms with Gasteiger partial charge in [0.1, 0.15) is 0 Å². The Balaban J connectivity index is 2.79. The molecule has 18 heavy (non-hydrogen) atoms. The van der Waals surface area contributed by atoms with Crippen LogP contribution in [0.4, 0.5) is 0 Å². The average molecular weight is 273 g/mol. The molecule has 0 amide bonds. The van der Waals surface area contributed by atoms with E-state index in [4.69, 9.17) is 8.85 Å². The lowest BCUT2D eigenvalue weighted by Gasteiger charge is -2.40. The van der Waals surface area contributed by atoms with E-state index < -0.39 is 8.56 Å². The van der Waals surface area contributed by atoms with Crippen molar-refractivity contribution in [2.24, 2.45) is 5.92 Å². The molecule has 0 N–H and O–H groups in total. The lowest BCUT2D eigenvalue weighted by Crippen LogP contribution is -2.48. The molecule has 0 spiro atoms. The highest BCUT2D eigenvalue weighted by atomic mass is 28.4. The van der Waals surface area contributed by atoms with Crippen LogP contribution in [0, 0.1) is 5.92 Å². The quantitative estimate of drug-likeness (QED) is 0.586. The summed E-state index contributed by atoms with van der Waals surface area (Å²) >= 11 is 0. The number of hydrogen-bond donors (Lipinski definition) is 0. The van der Waals surface area contributed by atoms with Gasteiger partial charge in [-0.15, -0.1) is 0 Å². The van der Waals surface area contributed by atoms with Gasteiger partial charge in [-0.3, -0.25) is 0 Å². The summed E-state index contributed by atoms with van der Waals surface area (Å²) in [4.78, 5) is 0. The van der Waals surface area contributed by atoms with Gasteiger partial charge in [0, 0.05) is 18.8 Å². The molecular formula is C15H32O2Si. The lowest BCUT2D eigenvalue weighted by molar-refractivity contribution is 0.159. The maximum Gasteiger partial charge on any atom is 0.341 e. The fourth-order valence-electron chi connectivity index (χ4n) is 3.22. The van der Waals surface area contributed by atoms with E-state index in [2.05, 4.69) is 27.7 Å². The van der Waals surface area contributed by atoms with Crippen LogP contribution in [0.1, 0.15) is 66.2 Å². The Morgan fingerprint density at radius 2 is 1.56 bits per heavy atom. The van der Waals surface area contributed by atoms with Crippen LogP contribution in [0.5, 0.6) is 0 Å². The van der Waals surface area contributed by atoms with E-state index in [0.29, 0.717) is 0 Å². The van der Waals surface area contributed by atoms with Crippen LogP contribution in [0.2, 0.25) is 11.6 Å².